The minimum Gasteiger partial charge on any atom is -0.389 e. The van der Waals surface area contributed by atoms with Crippen molar-refractivity contribution in [3.05, 3.63) is 63.4 Å². The van der Waals surface area contributed by atoms with Crippen LogP contribution in [0.5, 0.6) is 0 Å². The monoisotopic (exact) mass is 366 g/mol. The number of rotatable bonds is 3. The Hall–Kier alpha value is -1.79. The lowest BCUT2D eigenvalue weighted by atomic mass is 10.1. The van der Waals surface area contributed by atoms with E-state index < -0.39 is 11.7 Å². The molecule has 2 aromatic rings. The molecule has 3 N–H and O–H groups in total. The maximum atomic E-state index is 13.9. The van der Waals surface area contributed by atoms with Gasteiger partial charge in [0.1, 0.15) is 10.8 Å². The van der Waals surface area contributed by atoms with Crippen LogP contribution in [0.1, 0.15) is 21.5 Å². The summed E-state index contributed by atoms with van der Waals surface area (Å²) in [6, 6.07) is 9.78. The Morgan fingerprint density at radius 2 is 2.05 bits per heavy atom. The Bertz CT molecular complexity index is 734. The fraction of sp³-hybridized carbons (Fsp3) is 0.0667. The molecule has 0 aliphatic rings. The molecule has 0 radical (unpaired) electrons. The lowest BCUT2D eigenvalue weighted by molar-refractivity contribution is 0.102. The largest absolute Gasteiger partial charge is 0.389 e. The van der Waals surface area contributed by atoms with Gasteiger partial charge in [-0.15, -0.1) is 0 Å². The molecular formula is C15H12BrFN2OS. The first kappa shape index (κ1) is 15.6. The molecule has 0 fully saturated rings. The van der Waals surface area contributed by atoms with E-state index in [-0.39, 0.29) is 15.0 Å². The predicted octanol–water partition coefficient (Wildman–Crippen LogP) is 3.78. The van der Waals surface area contributed by atoms with Gasteiger partial charge in [-0.3, -0.25) is 4.79 Å². The van der Waals surface area contributed by atoms with Crippen molar-refractivity contribution in [2.75, 3.05) is 5.32 Å². The van der Waals surface area contributed by atoms with E-state index in [2.05, 4.69) is 21.2 Å². The van der Waals surface area contributed by atoms with Gasteiger partial charge in [-0.05, 0) is 46.6 Å². The summed E-state index contributed by atoms with van der Waals surface area (Å²) in [5, 5.41) is 2.67. The third-order valence-electron chi connectivity index (χ3n) is 2.97. The second kappa shape index (κ2) is 6.32. The van der Waals surface area contributed by atoms with Gasteiger partial charge in [0.25, 0.3) is 5.91 Å². The highest BCUT2D eigenvalue weighted by Gasteiger charge is 2.15. The van der Waals surface area contributed by atoms with Crippen molar-refractivity contribution in [1.29, 1.82) is 0 Å². The third-order valence-corrected chi connectivity index (χ3v) is 3.81. The number of amides is 1. The smallest absolute Gasteiger partial charge is 0.258 e. The van der Waals surface area contributed by atoms with Gasteiger partial charge < -0.3 is 11.1 Å². The predicted molar refractivity (Wildman–Crippen MR) is 89.1 cm³/mol. The SMILES string of the molecule is Cc1ccc(C(N)=S)cc1NC(=O)c1cccc(Br)c1F. The molecule has 0 aliphatic heterocycles. The Morgan fingerprint density at radius 3 is 2.71 bits per heavy atom. The minimum atomic E-state index is -0.599. The van der Waals surface area contributed by atoms with Crippen LogP contribution in [0, 0.1) is 12.7 Å². The summed E-state index contributed by atoms with van der Waals surface area (Å²) < 4.78 is 14.2. The average Bonchev–Trinajstić information content (AvgIpc) is 2.43. The molecule has 0 aliphatic carbocycles. The molecule has 1 amide bonds. The molecule has 3 nitrogen and oxygen atoms in total. The third kappa shape index (κ3) is 3.46. The molecule has 0 atom stereocenters. The number of carbonyl (C=O) groups excluding carboxylic acids is 1. The van der Waals surface area contributed by atoms with Gasteiger partial charge in [-0.25, -0.2) is 4.39 Å². The van der Waals surface area contributed by atoms with E-state index in [1.807, 2.05) is 6.92 Å². The van der Waals surface area contributed by atoms with Crippen LogP contribution in [0.2, 0.25) is 0 Å². The quantitative estimate of drug-likeness (QED) is 0.812. The molecule has 0 spiro atoms. The van der Waals surface area contributed by atoms with E-state index in [0.717, 1.165) is 5.56 Å². The Kier molecular flexibility index (Phi) is 4.69. The number of aryl methyl sites for hydroxylation is 1. The molecule has 0 heterocycles. The minimum absolute atomic E-state index is 0.0375. The van der Waals surface area contributed by atoms with Crippen molar-refractivity contribution in [3.8, 4) is 0 Å². The summed E-state index contributed by atoms with van der Waals surface area (Å²) in [5.41, 5.74) is 7.55. The molecule has 2 aromatic carbocycles. The van der Waals surface area contributed by atoms with Gasteiger partial charge in [0.05, 0.1) is 10.0 Å². The number of hydrogen-bond donors (Lipinski definition) is 2. The van der Waals surface area contributed by atoms with Crippen LogP contribution in [-0.2, 0) is 0 Å². The molecule has 2 rings (SSSR count). The van der Waals surface area contributed by atoms with Crippen molar-refractivity contribution in [2.45, 2.75) is 6.92 Å². The molecule has 6 heteroatoms. The van der Waals surface area contributed by atoms with Crippen molar-refractivity contribution >= 4 is 44.7 Å². The number of halogens is 2. The van der Waals surface area contributed by atoms with Gasteiger partial charge in [0.15, 0.2) is 0 Å². The number of anilines is 1. The van der Waals surface area contributed by atoms with E-state index in [4.69, 9.17) is 18.0 Å². The maximum absolute atomic E-state index is 13.9. The van der Waals surface area contributed by atoms with Gasteiger partial charge in [-0.2, -0.15) is 0 Å². The van der Waals surface area contributed by atoms with Gasteiger partial charge in [-0.1, -0.05) is 30.4 Å². The van der Waals surface area contributed by atoms with Crippen molar-refractivity contribution in [2.24, 2.45) is 5.73 Å². The Labute approximate surface area is 135 Å². The highest BCUT2D eigenvalue weighted by molar-refractivity contribution is 9.10. The van der Waals surface area contributed by atoms with E-state index >= 15 is 0 Å². The summed E-state index contributed by atoms with van der Waals surface area (Å²) >= 11 is 7.97. The maximum Gasteiger partial charge on any atom is 0.258 e. The summed E-state index contributed by atoms with van der Waals surface area (Å²) in [6.45, 7) is 1.83. The molecule has 21 heavy (non-hydrogen) atoms. The first-order valence-electron chi connectivity index (χ1n) is 6.06. The number of nitrogens with two attached hydrogens (primary N) is 1. The molecule has 0 bridgehead atoms. The average molecular weight is 367 g/mol. The fourth-order valence-electron chi connectivity index (χ4n) is 1.78. The molecular weight excluding hydrogens is 355 g/mol. The zero-order chi connectivity index (χ0) is 15.6. The van der Waals surface area contributed by atoms with E-state index in [1.54, 1.807) is 24.3 Å². The van der Waals surface area contributed by atoms with Gasteiger partial charge >= 0.3 is 0 Å². The van der Waals surface area contributed by atoms with Gasteiger partial charge in [0.2, 0.25) is 0 Å². The van der Waals surface area contributed by atoms with E-state index in [0.29, 0.717) is 11.3 Å². The molecule has 0 unspecified atom stereocenters. The fourth-order valence-corrected chi connectivity index (χ4v) is 2.27. The highest BCUT2D eigenvalue weighted by atomic mass is 79.9. The zero-order valence-corrected chi connectivity index (χ0v) is 13.5. The Morgan fingerprint density at radius 1 is 1.33 bits per heavy atom. The number of carbonyl (C=O) groups is 1. The molecule has 0 saturated carbocycles. The van der Waals surface area contributed by atoms with Crippen LogP contribution < -0.4 is 11.1 Å². The van der Waals surface area contributed by atoms with Crippen LogP contribution in [0.15, 0.2) is 40.9 Å². The first-order chi connectivity index (χ1) is 9.90. The standard InChI is InChI=1S/C15H12BrFN2OS/c1-8-5-6-9(14(18)21)7-12(8)19-15(20)10-3-2-4-11(16)13(10)17/h2-7H,1H3,(H2,18,21)(H,19,20). The van der Waals surface area contributed by atoms with Gasteiger partial charge in [0, 0.05) is 11.3 Å². The normalized spacial score (nSPS) is 10.2. The number of thiocarbonyl (C=S) groups is 1. The lowest BCUT2D eigenvalue weighted by Crippen LogP contribution is -2.16. The van der Waals surface area contributed by atoms with Crippen molar-refractivity contribution < 1.29 is 9.18 Å². The molecule has 0 aromatic heterocycles. The van der Waals surface area contributed by atoms with Crippen LogP contribution in [-0.4, -0.2) is 10.9 Å². The zero-order valence-electron chi connectivity index (χ0n) is 11.1. The van der Waals surface area contributed by atoms with Crippen molar-refractivity contribution in [1.82, 2.24) is 0 Å². The molecule has 108 valence electrons. The van der Waals surface area contributed by atoms with Crippen LogP contribution in [0.3, 0.4) is 0 Å². The van der Waals surface area contributed by atoms with Crippen LogP contribution >= 0.6 is 28.1 Å². The second-order valence-corrected chi connectivity index (χ2v) is 5.74. The lowest BCUT2D eigenvalue weighted by Gasteiger charge is -2.11. The number of nitrogens with one attached hydrogen (secondary N) is 1. The van der Waals surface area contributed by atoms with Crippen LogP contribution in [0.25, 0.3) is 0 Å². The summed E-state index contributed by atoms with van der Waals surface area (Å²) in [4.78, 5) is 12.4. The number of hydrogen-bond acceptors (Lipinski definition) is 2. The second-order valence-electron chi connectivity index (χ2n) is 4.45. The summed E-state index contributed by atoms with van der Waals surface area (Å²) in [7, 11) is 0. The summed E-state index contributed by atoms with van der Waals surface area (Å²) in [5.74, 6) is -1.13. The van der Waals surface area contributed by atoms with Crippen molar-refractivity contribution in [3.63, 3.8) is 0 Å². The number of benzene rings is 2. The topological polar surface area (TPSA) is 55.1 Å². The Balaban J connectivity index is 2.33. The highest BCUT2D eigenvalue weighted by Crippen LogP contribution is 2.22. The van der Waals surface area contributed by atoms with E-state index in [1.165, 1.54) is 12.1 Å². The first-order valence-corrected chi connectivity index (χ1v) is 7.26. The van der Waals surface area contributed by atoms with Crippen LogP contribution in [0.4, 0.5) is 10.1 Å². The molecule has 0 saturated heterocycles. The summed E-state index contributed by atoms with van der Waals surface area (Å²) in [6.07, 6.45) is 0. The van der Waals surface area contributed by atoms with E-state index in [9.17, 15) is 9.18 Å².